The molecule has 2 aromatic carbocycles. The Balaban J connectivity index is 1.33. The van der Waals surface area contributed by atoms with Gasteiger partial charge in [-0.05, 0) is 77.8 Å². The Kier molecular flexibility index (Phi) is 8.60. The number of allylic oxidation sites excluding steroid dienone is 1. The van der Waals surface area contributed by atoms with Crippen molar-refractivity contribution in [2.45, 2.75) is 38.1 Å². The number of hydrazone groups is 1. The van der Waals surface area contributed by atoms with Crippen LogP contribution in [-0.2, 0) is 14.3 Å². The maximum absolute atomic E-state index is 13.4. The van der Waals surface area contributed by atoms with Crippen molar-refractivity contribution in [3.05, 3.63) is 97.7 Å². The van der Waals surface area contributed by atoms with E-state index < -0.39 is 18.5 Å². The molecule has 39 heavy (non-hydrogen) atoms. The third-order valence-electron chi connectivity index (χ3n) is 6.89. The Morgan fingerprint density at radius 3 is 2.41 bits per heavy atom. The number of Topliss-reactive ketones (excluding diaryl/α,β-unsaturated/α-hetero) is 1. The van der Waals surface area contributed by atoms with Crippen molar-refractivity contribution >= 4 is 64.0 Å². The average molecular weight is 582 g/mol. The molecule has 0 N–H and O–H groups in total. The van der Waals surface area contributed by atoms with E-state index in [-0.39, 0.29) is 30.6 Å². The Hall–Kier alpha value is -3.26. The van der Waals surface area contributed by atoms with Gasteiger partial charge in [0.1, 0.15) is 0 Å². The first-order chi connectivity index (χ1) is 18.9. The minimum absolute atomic E-state index is 0.00143. The second-order valence-electron chi connectivity index (χ2n) is 9.50. The van der Waals surface area contributed by atoms with E-state index in [0.29, 0.717) is 14.9 Å². The summed E-state index contributed by atoms with van der Waals surface area (Å²) < 4.78 is 5.28. The zero-order chi connectivity index (χ0) is 27.4. The highest BCUT2D eigenvalue weighted by Crippen LogP contribution is 2.44. The number of ketones is 1. The quantitative estimate of drug-likeness (QED) is 0.205. The fourth-order valence-electron chi connectivity index (χ4n) is 5.02. The number of benzene rings is 2. The molecule has 0 bridgehead atoms. The number of hydrogen-bond acceptors (Lipinski definition) is 6. The van der Waals surface area contributed by atoms with Crippen LogP contribution in [0.5, 0.6) is 0 Å². The van der Waals surface area contributed by atoms with Crippen LogP contribution in [0.25, 0.3) is 6.08 Å². The molecule has 1 aliphatic carbocycles. The third kappa shape index (κ3) is 6.49. The van der Waals surface area contributed by atoms with Gasteiger partial charge in [-0.2, -0.15) is 5.10 Å². The molecule has 2 aliphatic rings. The molecule has 2 atom stereocenters. The smallest absolute Gasteiger partial charge is 0.306 e. The van der Waals surface area contributed by atoms with Crippen molar-refractivity contribution < 1.29 is 19.1 Å². The van der Waals surface area contributed by atoms with Crippen molar-refractivity contribution in [3.8, 4) is 0 Å². The van der Waals surface area contributed by atoms with Gasteiger partial charge in [0.05, 0.1) is 23.1 Å². The van der Waals surface area contributed by atoms with Gasteiger partial charge < -0.3 is 4.74 Å². The van der Waals surface area contributed by atoms with Gasteiger partial charge in [-0.3, -0.25) is 14.4 Å². The molecule has 1 aliphatic heterocycles. The number of carbonyl (C=O) groups excluding carboxylic acids is 3. The van der Waals surface area contributed by atoms with Crippen LogP contribution >= 0.6 is 34.5 Å². The van der Waals surface area contributed by atoms with Crippen LogP contribution in [0.2, 0.25) is 10.0 Å². The van der Waals surface area contributed by atoms with E-state index in [4.69, 9.17) is 33.0 Å². The summed E-state index contributed by atoms with van der Waals surface area (Å²) in [4.78, 5) is 38.5. The molecule has 1 fully saturated rings. The minimum Gasteiger partial charge on any atom is -0.455 e. The first-order valence-corrected chi connectivity index (χ1v) is 14.4. The first-order valence-electron chi connectivity index (χ1n) is 12.7. The summed E-state index contributed by atoms with van der Waals surface area (Å²) in [6, 6.07) is 18.2. The van der Waals surface area contributed by atoms with E-state index in [1.54, 1.807) is 24.3 Å². The summed E-state index contributed by atoms with van der Waals surface area (Å²) in [5.74, 6) is -1.13. The highest BCUT2D eigenvalue weighted by molar-refractivity contribution is 7.12. The number of amides is 1. The minimum atomic E-state index is -0.594. The monoisotopic (exact) mass is 580 g/mol. The third-order valence-corrected chi connectivity index (χ3v) is 8.30. The summed E-state index contributed by atoms with van der Waals surface area (Å²) in [5.41, 5.74) is 3.87. The molecular weight excluding hydrogens is 555 g/mol. The topological polar surface area (TPSA) is 76.0 Å². The summed E-state index contributed by atoms with van der Waals surface area (Å²) in [6.45, 7) is -0.449. The van der Waals surface area contributed by atoms with Gasteiger partial charge in [-0.25, -0.2) is 5.01 Å². The first kappa shape index (κ1) is 27.3. The van der Waals surface area contributed by atoms with Crippen LogP contribution < -0.4 is 0 Å². The predicted molar refractivity (Wildman–Crippen MR) is 154 cm³/mol. The standard InChI is InChI=1S/C30H26Cl2N2O4S/c31-22-10-6-19(7-11-22)17-21-3-1-4-24-29(21)33-34(30(24)20-8-12-23(32)13-9-20)27(36)18-38-28(37)15-14-25(35)26-5-2-16-39-26/h2,5-13,16-17,24,30H,1,3-4,14-15,18H2/b21-17-/t24-,30-/m1/s1. The van der Waals surface area contributed by atoms with Crippen LogP contribution in [0, 0.1) is 5.92 Å². The molecule has 0 unspecified atom stereocenters. The number of rotatable bonds is 8. The van der Waals surface area contributed by atoms with Crippen molar-refractivity contribution in [3.63, 3.8) is 0 Å². The maximum Gasteiger partial charge on any atom is 0.306 e. The molecule has 0 spiro atoms. The number of esters is 1. The van der Waals surface area contributed by atoms with E-state index in [9.17, 15) is 14.4 Å². The van der Waals surface area contributed by atoms with Crippen LogP contribution in [0.15, 0.2) is 76.7 Å². The number of thiophene rings is 1. The summed E-state index contributed by atoms with van der Waals surface area (Å²) >= 11 is 13.5. The fraction of sp³-hybridized carbons (Fsp3) is 0.267. The van der Waals surface area contributed by atoms with Crippen molar-refractivity contribution in [2.75, 3.05) is 6.61 Å². The predicted octanol–water partition coefficient (Wildman–Crippen LogP) is 7.38. The lowest BCUT2D eigenvalue weighted by atomic mass is 9.77. The lowest BCUT2D eigenvalue weighted by Crippen LogP contribution is -2.34. The van der Waals surface area contributed by atoms with Crippen LogP contribution in [0.3, 0.4) is 0 Å². The van der Waals surface area contributed by atoms with Crippen molar-refractivity contribution in [1.82, 2.24) is 5.01 Å². The highest BCUT2D eigenvalue weighted by Gasteiger charge is 2.43. The Bertz CT molecular complexity index is 1420. The molecule has 1 aromatic heterocycles. The largest absolute Gasteiger partial charge is 0.455 e. The van der Waals surface area contributed by atoms with Crippen molar-refractivity contribution in [2.24, 2.45) is 11.0 Å². The van der Waals surface area contributed by atoms with Gasteiger partial charge in [0.15, 0.2) is 12.4 Å². The normalized spacial score (nSPS) is 19.5. The van der Waals surface area contributed by atoms with Crippen LogP contribution in [0.1, 0.15) is 58.9 Å². The van der Waals surface area contributed by atoms with E-state index >= 15 is 0 Å². The Labute approximate surface area is 240 Å². The summed E-state index contributed by atoms with van der Waals surface area (Å²) in [7, 11) is 0. The van der Waals surface area contributed by atoms with Gasteiger partial charge in [0.2, 0.25) is 0 Å². The maximum atomic E-state index is 13.4. The van der Waals surface area contributed by atoms with Gasteiger partial charge in [0.25, 0.3) is 5.91 Å². The molecule has 2 heterocycles. The lowest BCUT2D eigenvalue weighted by molar-refractivity contribution is -0.153. The zero-order valence-corrected chi connectivity index (χ0v) is 23.3. The van der Waals surface area contributed by atoms with E-state index in [1.807, 2.05) is 41.8 Å². The van der Waals surface area contributed by atoms with Gasteiger partial charge in [0, 0.05) is 22.4 Å². The number of ether oxygens (including phenoxy) is 1. The molecule has 1 saturated carbocycles. The second-order valence-corrected chi connectivity index (χ2v) is 11.3. The number of halogens is 2. The summed E-state index contributed by atoms with van der Waals surface area (Å²) in [5, 5.41) is 9.34. The summed E-state index contributed by atoms with van der Waals surface area (Å²) in [6.07, 6.45) is 4.73. The van der Waals surface area contributed by atoms with Crippen LogP contribution in [-0.4, -0.2) is 35.0 Å². The number of nitrogens with zero attached hydrogens (tertiary/aromatic N) is 2. The van der Waals surface area contributed by atoms with Gasteiger partial charge in [-0.1, -0.05) is 53.5 Å². The van der Waals surface area contributed by atoms with E-state index in [1.165, 1.54) is 16.3 Å². The molecule has 0 radical (unpaired) electrons. The molecule has 1 amide bonds. The highest BCUT2D eigenvalue weighted by atomic mass is 35.5. The molecule has 200 valence electrons. The lowest BCUT2D eigenvalue weighted by Gasteiger charge is -2.29. The molecule has 9 heteroatoms. The molecule has 6 nitrogen and oxygen atoms in total. The second kappa shape index (κ2) is 12.3. The number of carbonyl (C=O) groups is 3. The molecule has 3 aromatic rings. The van der Waals surface area contributed by atoms with Gasteiger partial charge in [-0.15, -0.1) is 11.3 Å². The van der Waals surface area contributed by atoms with E-state index in [0.717, 1.165) is 41.7 Å². The Morgan fingerprint density at radius 2 is 1.72 bits per heavy atom. The molecular formula is C30H26Cl2N2O4S. The number of fused-ring (bicyclic) bond motifs is 1. The van der Waals surface area contributed by atoms with Crippen LogP contribution in [0.4, 0.5) is 0 Å². The van der Waals surface area contributed by atoms with E-state index in [2.05, 4.69) is 6.08 Å². The SMILES string of the molecule is O=C(CCC(=O)c1cccs1)OCC(=O)N1N=C2/C(=C\c3ccc(Cl)cc3)CCC[C@H]2[C@H]1c1ccc(Cl)cc1. The molecule has 5 rings (SSSR count). The molecule has 0 saturated heterocycles. The van der Waals surface area contributed by atoms with Crippen molar-refractivity contribution in [1.29, 1.82) is 0 Å². The fourth-order valence-corrected chi connectivity index (χ4v) is 5.96. The average Bonchev–Trinajstić information content (AvgIpc) is 3.61. The number of hydrogen-bond donors (Lipinski definition) is 0. The van der Waals surface area contributed by atoms with Gasteiger partial charge >= 0.3 is 5.97 Å². The zero-order valence-electron chi connectivity index (χ0n) is 21.0. The Morgan fingerprint density at radius 1 is 1.00 bits per heavy atom.